The second-order valence-electron chi connectivity index (χ2n) is 6.31. The van der Waals surface area contributed by atoms with Crippen molar-refractivity contribution in [1.82, 2.24) is 4.98 Å². The third-order valence-electron chi connectivity index (χ3n) is 4.34. The third kappa shape index (κ3) is 5.42. The molecule has 0 radical (unpaired) electrons. The Morgan fingerprint density at radius 3 is 1.46 bits per heavy atom. The summed E-state index contributed by atoms with van der Waals surface area (Å²) in [6, 6.07) is 24.9. The summed E-state index contributed by atoms with van der Waals surface area (Å²) < 4.78 is 0. The number of benzene rings is 2. The summed E-state index contributed by atoms with van der Waals surface area (Å²) in [4.78, 5) is 13.2. The lowest BCUT2D eigenvalue weighted by Gasteiger charge is -2.09. The quantitative estimate of drug-likeness (QED) is 0.585. The minimum absolute atomic E-state index is 0.0272. The number of aliphatic hydroxyl groups excluding tert-OH is 2. The van der Waals surface area contributed by atoms with Crippen LogP contribution in [0.3, 0.4) is 0 Å². The van der Waals surface area contributed by atoms with E-state index in [1.807, 2.05) is 66.7 Å². The zero-order valence-corrected chi connectivity index (χ0v) is 15.5. The standard InChI is InChI=1S/C23H23N3O2/c27-16-20(18-8-3-1-4-9-18)14-24-22-12-7-13-23(26-22)25-15-21(17-28)19-10-5-2-6-11-19/h1-15,20-21,27-28H,16-17H2/b24-14+,25-15?/t20-,21-/m0/s1. The summed E-state index contributed by atoms with van der Waals surface area (Å²) in [7, 11) is 0. The molecule has 142 valence electrons. The molecule has 0 bridgehead atoms. The monoisotopic (exact) mass is 373 g/mol. The maximum absolute atomic E-state index is 9.63. The summed E-state index contributed by atoms with van der Waals surface area (Å²) in [5.41, 5.74) is 1.99. The van der Waals surface area contributed by atoms with Gasteiger partial charge in [0.05, 0.1) is 13.2 Å². The first-order valence-electron chi connectivity index (χ1n) is 9.17. The first-order chi connectivity index (χ1) is 13.8. The van der Waals surface area contributed by atoms with Gasteiger partial charge in [-0.15, -0.1) is 0 Å². The molecule has 2 aromatic carbocycles. The first-order valence-corrected chi connectivity index (χ1v) is 9.17. The predicted octanol–water partition coefficient (Wildman–Crippen LogP) is 4.04. The number of pyridine rings is 1. The van der Waals surface area contributed by atoms with Crippen LogP contribution in [0.5, 0.6) is 0 Å². The van der Waals surface area contributed by atoms with Crippen LogP contribution in [0.2, 0.25) is 0 Å². The van der Waals surface area contributed by atoms with Crippen molar-refractivity contribution >= 4 is 24.1 Å². The molecule has 0 aliphatic heterocycles. The van der Waals surface area contributed by atoms with Crippen molar-refractivity contribution in [2.24, 2.45) is 9.98 Å². The predicted molar refractivity (Wildman–Crippen MR) is 113 cm³/mol. The largest absolute Gasteiger partial charge is 0.395 e. The van der Waals surface area contributed by atoms with E-state index < -0.39 is 0 Å². The topological polar surface area (TPSA) is 78.1 Å². The van der Waals surface area contributed by atoms with Crippen LogP contribution in [-0.4, -0.2) is 40.8 Å². The van der Waals surface area contributed by atoms with Crippen LogP contribution in [0.15, 0.2) is 88.8 Å². The molecule has 3 rings (SSSR count). The summed E-state index contributed by atoms with van der Waals surface area (Å²) in [6.07, 6.45) is 3.40. The number of aliphatic hydroxyl groups is 2. The van der Waals surface area contributed by atoms with Crippen LogP contribution in [0.1, 0.15) is 23.0 Å². The Morgan fingerprint density at radius 1 is 0.643 bits per heavy atom. The molecule has 0 saturated heterocycles. The molecule has 5 heteroatoms. The van der Waals surface area contributed by atoms with Crippen molar-refractivity contribution < 1.29 is 10.2 Å². The fourth-order valence-corrected chi connectivity index (χ4v) is 2.77. The van der Waals surface area contributed by atoms with Crippen LogP contribution in [0, 0.1) is 0 Å². The number of hydrogen-bond donors (Lipinski definition) is 2. The maximum atomic E-state index is 9.63. The average molecular weight is 373 g/mol. The minimum atomic E-state index is -0.188. The zero-order valence-electron chi connectivity index (χ0n) is 15.5. The molecule has 2 N–H and O–H groups in total. The first kappa shape index (κ1) is 19.6. The normalized spacial score (nSPS) is 13.8. The molecule has 0 unspecified atom stereocenters. The maximum Gasteiger partial charge on any atom is 0.153 e. The molecular weight excluding hydrogens is 350 g/mol. The van der Waals surface area contributed by atoms with Gasteiger partial charge in [0.1, 0.15) is 0 Å². The highest BCUT2D eigenvalue weighted by molar-refractivity contribution is 5.72. The smallest absolute Gasteiger partial charge is 0.153 e. The van der Waals surface area contributed by atoms with Gasteiger partial charge >= 0.3 is 0 Å². The molecule has 0 amide bonds. The van der Waals surface area contributed by atoms with E-state index in [9.17, 15) is 10.2 Å². The summed E-state index contributed by atoms with van der Waals surface area (Å²) in [5.74, 6) is 0.660. The van der Waals surface area contributed by atoms with Crippen LogP contribution >= 0.6 is 0 Å². The van der Waals surface area contributed by atoms with Crippen molar-refractivity contribution in [3.8, 4) is 0 Å². The summed E-state index contributed by atoms with van der Waals surface area (Å²) in [6.45, 7) is -0.0543. The van der Waals surface area contributed by atoms with E-state index in [2.05, 4.69) is 15.0 Å². The van der Waals surface area contributed by atoms with Crippen molar-refractivity contribution in [3.63, 3.8) is 0 Å². The summed E-state index contributed by atoms with van der Waals surface area (Å²) in [5, 5.41) is 19.3. The summed E-state index contributed by atoms with van der Waals surface area (Å²) >= 11 is 0. The zero-order chi connectivity index (χ0) is 19.6. The highest BCUT2D eigenvalue weighted by Gasteiger charge is 2.08. The Hall–Kier alpha value is -3.15. The van der Waals surface area contributed by atoms with Gasteiger partial charge in [-0.05, 0) is 23.3 Å². The van der Waals surface area contributed by atoms with Gasteiger partial charge in [-0.25, -0.2) is 15.0 Å². The Labute approximate surface area is 164 Å². The van der Waals surface area contributed by atoms with E-state index >= 15 is 0 Å². The molecule has 3 aromatic rings. The van der Waals surface area contributed by atoms with Crippen molar-refractivity contribution in [1.29, 1.82) is 0 Å². The average Bonchev–Trinajstić information content (AvgIpc) is 2.76. The molecule has 1 heterocycles. The molecule has 28 heavy (non-hydrogen) atoms. The molecule has 1 aromatic heterocycles. The fourth-order valence-electron chi connectivity index (χ4n) is 2.77. The molecule has 0 spiro atoms. The van der Waals surface area contributed by atoms with Gasteiger partial charge in [0.2, 0.25) is 0 Å². The van der Waals surface area contributed by atoms with E-state index in [-0.39, 0.29) is 25.0 Å². The molecule has 0 aliphatic rings. The van der Waals surface area contributed by atoms with E-state index in [1.165, 1.54) is 0 Å². The highest BCUT2D eigenvalue weighted by atomic mass is 16.3. The molecule has 2 atom stereocenters. The fraction of sp³-hybridized carbons (Fsp3) is 0.174. The third-order valence-corrected chi connectivity index (χ3v) is 4.34. The molecule has 0 fully saturated rings. The van der Waals surface area contributed by atoms with E-state index in [1.54, 1.807) is 24.6 Å². The van der Waals surface area contributed by atoms with Crippen molar-refractivity contribution in [2.45, 2.75) is 11.8 Å². The molecular formula is C23H23N3O2. The second kappa shape index (κ2) is 10.3. The number of aromatic nitrogens is 1. The van der Waals surface area contributed by atoms with Crippen LogP contribution in [0.25, 0.3) is 0 Å². The SMILES string of the molecule is OC[C@H](C=Nc1cccc(/N=C/[C@@H](CO)c2ccccc2)n1)c1ccccc1. The van der Waals surface area contributed by atoms with Gasteiger partial charge in [0, 0.05) is 24.3 Å². The highest BCUT2D eigenvalue weighted by Crippen LogP contribution is 2.19. The minimum Gasteiger partial charge on any atom is -0.395 e. The molecule has 0 aliphatic carbocycles. The van der Waals surface area contributed by atoms with E-state index in [4.69, 9.17) is 0 Å². The van der Waals surface area contributed by atoms with Gasteiger partial charge in [-0.1, -0.05) is 66.7 Å². The van der Waals surface area contributed by atoms with Crippen molar-refractivity contribution in [2.75, 3.05) is 13.2 Å². The van der Waals surface area contributed by atoms with Gasteiger partial charge in [0.25, 0.3) is 0 Å². The molecule has 0 saturated carbocycles. The Balaban J connectivity index is 1.73. The number of aliphatic imine (C=N–C) groups is 2. The number of rotatable bonds is 8. The second-order valence-corrected chi connectivity index (χ2v) is 6.31. The lowest BCUT2D eigenvalue weighted by atomic mass is 10.0. The van der Waals surface area contributed by atoms with Crippen LogP contribution in [-0.2, 0) is 0 Å². The lowest BCUT2D eigenvalue weighted by molar-refractivity contribution is 0.291. The van der Waals surface area contributed by atoms with Gasteiger partial charge in [-0.2, -0.15) is 0 Å². The lowest BCUT2D eigenvalue weighted by Crippen LogP contribution is -2.05. The van der Waals surface area contributed by atoms with E-state index in [0.29, 0.717) is 11.6 Å². The number of nitrogens with zero attached hydrogens (tertiary/aromatic N) is 3. The van der Waals surface area contributed by atoms with Gasteiger partial charge < -0.3 is 10.2 Å². The Kier molecular flexibility index (Phi) is 7.18. The Morgan fingerprint density at radius 2 is 1.07 bits per heavy atom. The van der Waals surface area contributed by atoms with E-state index in [0.717, 1.165) is 11.1 Å². The van der Waals surface area contributed by atoms with Gasteiger partial charge in [-0.3, -0.25) is 0 Å². The van der Waals surface area contributed by atoms with Crippen LogP contribution in [0.4, 0.5) is 11.6 Å². The number of hydrogen-bond acceptors (Lipinski definition) is 5. The molecule has 5 nitrogen and oxygen atoms in total. The van der Waals surface area contributed by atoms with Crippen molar-refractivity contribution in [3.05, 3.63) is 90.0 Å². The van der Waals surface area contributed by atoms with Crippen LogP contribution < -0.4 is 0 Å². The van der Waals surface area contributed by atoms with Gasteiger partial charge in [0.15, 0.2) is 11.6 Å². The Bertz CT molecular complexity index is 839.